The Balaban J connectivity index is 0.000000492. The van der Waals surface area contributed by atoms with Crippen LogP contribution < -0.4 is 5.56 Å². The maximum atomic E-state index is 13.2. The third-order valence-corrected chi connectivity index (χ3v) is 6.68. The molecule has 0 unspecified atom stereocenters. The smallest absolute Gasteiger partial charge is 0.290 e. The number of hydrogen-bond donors (Lipinski definition) is 2. The lowest BCUT2D eigenvalue weighted by atomic mass is 9.83. The van der Waals surface area contributed by atoms with Crippen LogP contribution in [0, 0.1) is 12.8 Å². The molecule has 5 heterocycles. The van der Waals surface area contributed by atoms with Crippen molar-refractivity contribution in [3.05, 3.63) is 63.3 Å². The summed E-state index contributed by atoms with van der Waals surface area (Å²) in [7, 11) is 0. The van der Waals surface area contributed by atoms with Gasteiger partial charge in [-0.2, -0.15) is 0 Å². The molecule has 5 rings (SSSR count). The average molecular weight is 471 g/mol. The fourth-order valence-corrected chi connectivity index (χ4v) is 5.44. The quantitative estimate of drug-likeness (QED) is 0.653. The van der Waals surface area contributed by atoms with Crippen LogP contribution in [0.4, 0.5) is 0 Å². The van der Waals surface area contributed by atoms with E-state index in [1.165, 1.54) is 25.0 Å². The van der Waals surface area contributed by atoms with Gasteiger partial charge < -0.3 is 14.8 Å². The minimum atomic E-state index is -0.250. The molecular weight excluding hydrogens is 436 g/mol. The molecule has 0 radical (unpaired) electrons. The molecule has 2 N–H and O–H groups in total. The van der Waals surface area contributed by atoms with Gasteiger partial charge in [-0.15, -0.1) is 0 Å². The molecule has 3 aliphatic heterocycles. The van der Waals surface area contributed by atoms with E-state index in [1.807, 2.05) is 0 Å². The van der Waals surface area contributed by atoms with E-state index < -0.39 is 0 Å². The highest BCUT2D eigenvalue weighted by Crippen LogP contribution is 2.35. The van der Waals surface area contributed by atoms with Crippen molar-refractivity contribution < 1.29 is 19.8 Å². The molecule has 34 heavy (non-hydrogen) atoms. The van der Waals surface area contributed by atoms with E-state index in [2.05, 4.69) is 56.6 Å². The van der Waals surface area contributed by atoms with Gasteiger partial charge in [0.15, 0.2) is 0 Å². The summed E-state index contributed by atoms with van der Waals surface area (Å²) in [5, 5.41) is 13.8. The van der Waals surface area contributed by atoms with E-state index in [0.717, 1.165) is 62.8 Å². The predicted octanol–water partition coefficient (Wildman–Crippen LogP) is 2.17. The van der Waals surface area contributed by atoms with Gasteiger partial charge in [0.25, 0.3) is 18.5 Å². The maximum Gasteiger partial charge on any atom is 0.290 e. The number of carboxylic acid groups (broad SMARTS) is 2. The summed E-state index contributed by atoms with van der Waals surface area (Å²) in [5.74, 6) is 1.03. The Morgan fingerprint density at radius 3 is 2.35 bits per heavy atom. The molecule has 2 aromatic heterocycles. The van der Waals surface area contributed by atoms with Crippen LogP contribution in [-0.4, -0.2) is 68.7 Å². The molecule has 0 saturated carbocycles. The van der Waals surface area contributed by atoms with Crippen molar-refractivity contribution in [3.63, 3.8) is 0 Å². The number of nitrogens with zero attached hydrogens (tertiary/aromatic N) is 4. The second kappa shape index (κ2) is 12.4. The lowest BCUT2D eigenvalue weighted by Crippen LogP contribution is -2.47. The van der Waals surface area contributed by atoms with Crippen molar-refractivity contribution in [2.45, 2.75) is 51.7 Å². The Hall–Kier alpha value is -3.04. The normalized spacial score (nSPS) is 21.3. The highest BCUT2D eigenvalue weighted by Gasteiger charge is 2.35. The predicted molar refractivity (Wildman–Crippen MR) is 128 cm³/mol. The summed E-state index contributed by atoms with van der Waals surface area (Å²) >= 11 is 0. The van der Waals surface area contributed by atoms with Crippen LogP contribution in [0.15, 0.2) is 35.1 Å². The first-order chi connectivity index (χ1) is 16.5. The topological polar surface area (TPSA) is 116 Å². The number of hydrogen-bond acceptors (Lipinski definition) is 6. The molecule has 2 aromatic rings. The van der Waals surface area contributed by atoms with Crippen LogP contribution in [0.5, 0.6) is 0 Å². The molecule has 2 bridgehead atoms. The van der Waals surface area contributed by atoms with Crippen LogP contribution in [0.1, 0.15) is 47.8 Å². The van der Waals surface area contributed by atoms with E-state index in [4.69, 9.17) is 19.8 Å². The molecule has 0 aliphatic carbocycles. The number of likely N-dealkylation sites (tertiary alicyclic amines) is 2. The Bertz CT molecular complexity index is 1010. The summed E-state index contributed by atoms with van der Waals surface area (Å²) in [6, 6.07) is 10.6. The first-order valence-corrected chi connectivity index (χ1v) is 11.7. The van der Waals surface area contributed by atoms with Crippen molar-refractivity contribution in [1.29, 1.82) is 0 Å². The molecular formula is C25H34N4O5. The molecule has 2 fully saturated rings. The van der Waals surface area contributed by atoms with Crippen molar-refractivity contribution >= 4 is 12.9 Å². The molecule has 0 aromatic carbocycles. The molecule has 9 heteroatoms. The van der Waals surface area contributed by atoms with E-state index in [-0.39, 0.29) is 18.5 Å². The largest absolute Gasteiger partial charge is 0.483 e. The van der Waals surface area contributed by atoms with Gasteiger partial charge in [-0.3, -0.25) is 29.2 Å². The van der Waals surface area contributed by atoms with Crippen LogP contribution in [0.25, 0.3) is 0 Å². The first kappa shape index (κ1) is 25.6. The van der Waals surface area contributed by atoms with Crippen molar-refractivity contribution in [2.75, 3.05) is 26.2 Å². The summed E-state index contributed by atoms with van der Waals surface area (Å²) < 4.78 is 2.10. The number of aryl methyl sites for hydroxylation is 1. The number of fused-ring (bicyclic) bond motifs is 4. The van der Waals surface area contributed by atoms with Crippen molar-refractivity contribution in [2.24, 2.45) is 5.92 Å². The molecule has 3 aliphatic rings. The van der Waals surface area contributed by atoms with Gasteiger partial charge in [-0.05, 0) is 63.4 Å². The fraction of sp³-hybridized carbons (Fsp3) is 0.520. The third kappa shape index (κ3) is 6.51. The number of carbonyl (C=O) groups is 2. The molecule has 2 saturated heterocycles. The zero-order chi connectivity index (χ0) is 24.5. The summed E-state index contributed by atoms with van der Waals surface area (Å²) in [6.07, 6.45) is 3.74. The van der Waals surface area contributed by atoms with E-state index in [1.54, 1.807) is 0 Å². The molecule has 2 atom stereocenters. The van der Waals surface area contributed by atoms with Crippen LogP contribution >= 0.6 is 0 Å². The molecule has 9 nitrogen and oxygen atoms in total. The van der Waals surface area contributed by atoms with Gasteiger partial charge in [0, 0.05) is 55.6 Å². The lowest BCUT2D eigenvalue weighted by Gasteiger charge is -2.43. The van der Waals surface area contributed by atoms with E-state index >= 15 is 0 Å². The number of pyridine rings is 2. The van der Waals surface area contributed by atoms with Gasteiger partial charge in [-0.1, -0.05) is 12.1 Å². The van der Waals surface area contributed by atoms with Crippen molar-refractivity contribution in [1.82, 2.24) is 19.4 Å². The standard InChI is InChI=1S/C23H30N4O.2CH2O2/c1-17-5-4-6-21(24-17)16-26-12-18-11-20(15-26)22-8-7-19(23(28)27(22)13-18)14-25-9-2-3-10-25;2*2-1-3/h4-8,18,20H,2-3,9-16H2,1H3;2*1H,(H,2,3)/t18-,20+;;/m0../s1. The number of piperidine rings is 1. The molecule has 0 amide bonds. The lowest BCUT2D eigenvalue weighted by molar-refractivity contribution is -0.123. The SMILES string of the molecule is Cc1cccc(CN2C[C@@H]3C[C@H](C2)c2ccc(CN4CCCC4)c(=O)n2C3)n1.O=CO.O=CO. The second-order valence-corrected chi connectivity index (χ2v) is 9.16. The molecule has 184 valence electrons. The summed E-state index contributed by atoms with van der Waals surface area (Å²) in [5.41, 5.74) is 4.71. The number of rotatable bonds is 4. The fourth-order valence-electron chi connectivity index (χ4n) is 5.44. The van der Waals surface area contributed by atoms with Crippen LogP contribution in [-0.2, 0) is 29.2 Å². The van der Waals surface area contributed by atoms with Gasteiger partial charge in [0.05, 0.1) is 5.69 Å². The Kier molecular flexibility index (Phi) is 9.35. The highest BCUT2D eigenvalue weighted by atomic mass is 16.3. The Morgan fingerprint density at radius 1 is 0.971 bits per heavy atom. The van der Waals surface area contributed by atoms with E-state index in [9.17, 15) is 4.79 Å². The van der Waals surface area contributed by atoms with Crippen LogP contribution in [0.2, 0.25) is 0 Å². The minimum Gasteiger partial charge on any atom is -0.483 e. The monoisotopic (exact) mass is 470 g/mol. The third-order valence-electron chi connectivity index (χ3n) is 6.68. The Labute approximate surface area is 199 Å². The van der Waals surface area contributed by atoms with Gasteiger partial charge in [-0.25, -0.2) is 0 Å². The first-order valence-electron chi connectivity index (χ1n) is 11.7. The molecule has 0 spiro atoms. The van der Waals surface area contributed by atoms with Crippen molar-refractivity contribution in [3.8, 4) is 0 Å². The number of aromatic nitrogens is 2. The van der Waals surface area contributed by atoms with Gasteiger partial charge >= 0.3 is 0 Å². The zero-order valence-electron chi connectivity index (χ0n) is 19.7. The zero-order valence-corrected chi connectivity index (χ0v) is 19.7. The second-order valence-electron chi connectivity index (χ2n) is 9.16. The minimum absolute atomic E-state index is 0.250. The van der Waals surface area contributed by atoms with Gasteiger partial charge in [0.2, 0.25) is 0 Å². The highest BCUT2D eigenvalue weighted by molar-refractivity contribution is 5.33. The van der Waals surface area contributed by atoms with Gasteiger partial charge in [0.1, 0.15) is 0 Å². The summed E-state index contributed by atoms with van der Waals surface area (Å²) in [6.45, 7) is 8.51. The Morgan fingerprint density at radius 2 is 1.68 bits per heavy atom. The van der Waals surface area contributed by atoms with E-state index in [0.29, 0.717) is 11.8 Å². The maximum absolute atomic E-state index is 13.2. The average Bonchev–Trinajstić information content (AvgIpc) is 3.30. The van der Waals surface area contributed by atoms with Crippen LogP contribution in [0.3, 0.4) is 0 Å². The summed E-state index contributed by atoms with van der Waals surface area (Å²) in [4.78, 5) is 39.5.